The number of benzene rings is 4. The number of nitrogens with zero attached hydrogens (tertiary/aromatic N) is 14. The van der Waals surface area contributed by atoms with Gasteiger partial charge in [-0.3, -0.25) is 0 Å². The lowest BCUT2D eigenvalue weighted by Gasteiger charge is -2.22. The van der Waals surface area contributed by atoms with E-state index in [9.17, 15) is 59.6 Å². The van der Waals surface area contributed by atoms with Crippen LogP contribution in [-0.2, 0) is 37.9 Å². The fourth-order valence-corrected chi connectivity index (χ4v) is 13.5. The van der Waals surface area contributed by atoms with Crippen molar-refractivity contribution in [2.24, 2.45) is 0 Å². The van der Waals surface area contributed by atoms with Gasteiger partial charge in [-0.2, -0.15) is 0 Å². The summed E-state index contributed by atoms with van der Waals surface area (Å²) in [6.07, 6.45) is 17.2. The smallest absolute Gasteiger partial charge is 0.417 e. The predicted octanol–water partition coefficient (Wildman–Crippen LogP) is 23.2. The second-order valence-electron chi connectivity index (χ2n) is 34.2. The summed E-state index contributed by atoms with van der Waals surface area (Å²) in [5, 5.41) is 49.5. The number of allylic oxidation sites excluding steroid dienone is 6. The molecule has 42 heteroatoms. The van der Waals surface area contributed by atoms with Crippen molar-refractivity contribution >= 4 is 172 Å². The zero-order valence-electron chi connectivity index (χ0n) is 83.0. The van der Waals surface area contributed by atoms with Crippen molar-refractivity contribution in [1.82, 2.24) is 29.9 Å². The molecule has 4 aromatic carbocycles. The van der Waals surface area contributed by atoms with Crippen molar-refractivity contribution in [3.63, 3.8) is 0 Å². The topological polar surface area (TPSA) is 468 Å². The van der Waals surface area contributed by atoms with E-state index in [1.54, 1.807) is 162 Å². The molecule has 0 bridgehead atoms. The maximum Gasteiger partial charge on any atom is 0.417 e. The predicted molar refractivity (Wildman–Crippen MR) is 550 cm³/mol. The number of pyridine rings is 4. The van der Waals surface area contributed by atoms with Gasteiger partial charge in [0.25, 0.3) is 23.3 Å². The molecule has 0 unspecified atom stereocenters. The van der Waals surface area contributed by atoms with E-state index < -0.39 is 78.1 Å². The fraction of sp³-hybridized carbons (Fsp3) is 0.314. The Labute approximate surface area is 837 Å². The number of carbonyl (C=O) groups is 4. The van der Waals surface area contributed by atoms with Gasteiger partial charge in [-0.05, 0) is 308 Å². The highest BCUT2D eigenvalue weighted by molar-refractivity contribution is 7.19. The summed E-state index contributed by atoms with van der Waals surface area (Å²) in [5.41, 5.74) is 1.02. The summed E-state index contributed by atoms with van der Waals surface area (Å²) in [7, 11) is 5.75. The third-order valence-electron chi connectivity index (χ3n) is 18.4. The Morgan fingerprint density at radius 3 is 1.00 bits per heavy atom. The lowest BCUT2D eigenvalue weighted by molar-refractivity contribution is -0.389. The van der Waals surface area contributed by atoms with Gasteiger partial charge >= 0.3 is 47.6 Å². The zero-order valence-corrected chi connectivity index (χ0v) is 84.6. The first-order valence-electron chi connectivity index (χ1n) is 44.5. The summed E-state index contributed by atoms with van der Waals surface area (Å²) < 4.78 is 77.4. The first kappa shape index (κ1) is 111. The molecule has 8 aromatic heterocycles. The number of furan rings is 2. The van der Waals surface area contributed by atoms with Crippen LogP contribution in [0.1, 0.15) is 155 Å². The van der Waals surface area contributed by atoms with Crippen molar-refractivity contribution in [3.05, 3.63) is 254 Å². The lowest BCUT2D eigenvalue weighted by atomic mass is 10.2. The Bertz CT molecular complexity index is 6500. The summed E-state index contributed by atoms with van der Waals surface area (Å²) in [6, 6.07) is 37.7. The second kappa shape index (κ2) is 52.2. The van der Waals surface area contributed by atoms with E-state index in [0.717, 1.165) is 60.8 Å². The number of carbonyl (C=O) groups excluding carboxylic acids is 4. The molecule has 0 radical (unpaired) electrons. The molecule has 4 amide bonds. The van der Waals surface area contributed by atoms with Crippen LogP contribution in [0.4, 0.5) is 65.7 Å². The molecule has 0 saturated heterocycles. The maximum absolute atomic E-state index is 12.3. The van der Waals surface area contributed by atoms with E-state index in [1.807, 2.05) is 101 Å². The molecule has 0 saturated carbocycles. The molecule has 0 aliphatic carbocycles. The fourth-order valence-electron chi connectivity index (χ4n) is 11.7. The Balaban J connectivity index is 0.000000214. The highest BCUT2D eigenvalue weighted by atomic mass is 32.1. The monoisotopic (exact) mass is 2010 g/mol. The van der Waals surface area contributed by atoms with Gasteiger partial charge in [-0.25, -0.2) is 48.7 Å². The van der Waals surface area contributed by atoms with E-state index >= 15 is 0 Å². The molecule has 12 rings (SSSR count). The van der Waals surface area contributed by atoms with Gasteiger partial charge in [-0.1, -0.05) is 48.0 Å². The molecule has 12 aromatic rings. The van der Waals surface area contributed by atoms with Gasteiger partial charge < -0.3 is 106 Å². The average molecular weight is 2010 g/mol. The van der Waals surface area contributed by atoms with Gasteiger partial charge in [0.05, 0.1) is 31.6 Å². The number of thiazole rings is 2. The molecule has 0 atom stereocenters. The van der Waals surface area contributed by atoms with Crippen molar-refractivity contribution in [2.45, 2.75) is 133 Å². The molecule has 0 spiro atoms. The Hall–Kier alpha value is -16.4. The number of fused-ring (bicyclic) bond motifs is 4. The van der Waals surface area contributed by atoms with E-state index in [2.05, 4.69) is 53.6 Å². The molecule has 144 heavy (non-hydrogen) atoms. The molecular formula is C102H110N14O26S2. The standard InChI is InChI=1S/C26H29N3O7.C26H27N3O7.C25H28N4O6S.C25H26N4O6S/c2*1-6-33-17-34-20-12-13-22-19(15-20)16-21(35-22)10-8-7-9-18-11-14-23(27-24(18)29(31)32)28(5)25(30)36-26(2,3)4;2*1-6-33-16-34-18-12-13-19-20(15-18)36-22(26-19)10-8-7-9-17-11-14-21(27-23(17)29(31)32)28(5)24(30)35-25(2,3)4/h7-16H,6,17H2,1-5H3;8,10-16H,6,17H2,1-5H3;7-15H,6,16H2,1-5H3;8,10-15H,6,16H2,1-5H3/b9-7+,10-8+;10-8+;9-7+,10-8+;10-8+. The first-order chi connectivity index (χ1) is 68.3. The van der Waals surface area contributed by atoms with E-state index in [0.29, 0.717) is 77.7 Å². The first-order valence-corrected chi connectivity index (χ1v) is 46.2. The van der Waals surface area contributed by atoms with Crippen LogP contribution in [0, 0.1) is 64.1 Å². The van der Waals surface area contributed by atoms with Crippen LogP contribution in [0.3, 0.4) is 0 Å². The SMILES string of the molecule is CCOCOc1ccc2nc(/C=C/C#Cc3ccc(N(C)C(=O)OC(C)(C)C)nc3[N+](=O)[O-])sc2c1.CCOCOc1ccc2nc(/C=C/C=C/c3ccc(N(C)C(=O)OC(C)(C)C)nc3[N+](=O)[O-])sc2c1.CCOCOc1ccc2oc(/C=C/C#Cc3ccc(N(C)C(=O)OC(C)(C)C)nc3[N+](=O)[O-])cc2c1.CCOCOc1ccc2oc(/C=C/C=C/c3ccc(N(C)C(=O)OC(C)(C)C)nc3[N+](=O)[O-])cc2c1. The third kappa shape index (κ3) is 35.1. The van der Waals surface area contributed by atoms with Crippen molar-refractivity contribution < 1.29 is 105 Å². The average Bonchev–Trinajstić information content (AvgIpc) is 1.84. The van der Waals surface area contributed by atoms with Crippen molar-refractivity contribution in [2.75, 3.05) is 101 Å². The normalized spacial score (nSPS) is 11.6. The molecule has 0 fully saturated rings. The van der Waals surface area contributed by atoms with E-state index in [-0.39, 0.29) is 78.8 Å². The third-order valence-corrected chi connectivity index (χ3v) is 20.4. The summed E-state index contributed by atoms with van der Waals surface area (Å²) >= 11 is 2.95. The molecule has 0 N–H and O–H groups in total. The van der Waals surface area contributed by atoms with Crippen LogP contribution in [0.15, 0.2) is 179 Å². The molecule has 756 valence electrons. The van der Waals surface area contributed by atoms with Crippen LogP contribution in [0.5, 0.6) is 23.0 Å². The number of amides is 4. The largest absolute Gasteiger partial charge is 0.468 e. The van der Waals surface area contributed by atoms with E-state index in [1.165, 1.54) is 105 Å². The number of anilines is 4. The minimum atomic E-state index is -0.714. The highest BCUT2D eigenvalue weighted by Crippen LogP contribution is 2.34. The van der Waals surface area contributed by atoms with Crippen LogP contribution in [-0.4, -0.2) is 178 Å². The minimum Gasteiger partial charge on any atom is -0.468 e. The van der Waals surface area contributed by atoms with E-state index in [4.69, 9.17) is 65.7 Å². The van der Waals surface area contributed by atoms with Gasteiger partial charge in [-0.15, -0.1) is 22.7 Å². The molecule has 40 nitrogen and oxygen atoms in total. The highest BCUT2D eigenvalue weighted by Gasteiger charge is 2.32. The summed E-state index contributed by atoms with van der Waals surface area (Å²) in [6.45, 7) is 31.4. The van der Waals surface area contributed by atoms with Crippen molar-refractivity contribution in [1.29, 1.82) is 0 Å². The molecular weight excluding hydrogens is 1900 g/mol. The van der Waals surface area contributed by atoms with Gasteiger partial charge in [0.15, 0.2) is 27.2 Å². The number of hydrogen-bond donors (Lipinski definition) is 0. The second-order valence-corrected chi connectivity index (χ2v) is 36.3. The molecule has 0 aliphatic heterocycles. The van der Waals surface area contributed by atoms with Crippen molar-refractivity contribution in [3.8, 4) is 46.7 Å². The Morgan fingerprint density at radius 2 is 0.660 bits per heavy atom. The zero-order chi connectivity index (χ0) is 105. The van der Waals surface area contributed by atoms with Crippen LogP contribution >= 0.6 is 22.7 Å². The number of hydrogen-bond acceptors (Lipinski definition) is 34. The van der Waals surface area contributed by atoms with Crippen LogP contribution in [0.25, 0.3) is 78.8 Å². The summed E-state index contributed by atoms with van der Waals surface area (Å²) in [5.74, 6) is 13.6. The quantitative estimate of drug-likeness (QED) is 0.00718. The number of aromatic nitrogens is 6. The van der Waals surface area contributed by atoms with Gasteiger partial charge in [0.1, 0.15) is 89.2 Å². The molecule has 0 aliphatic rings. The lowest BCUT2D eigenvalue weighted by Crippen LogP contribution is -2.34. The number of nitro groups is 4. The Kier molecular flexibility index (Phi) is 40.3. The van der Waals surface area contributed by atoms with Gasteiger partial charge in [0, 0.05) is 89.7 Å². The Morgan fingerprint density at radius 1 is 0.361 bits per heavy atom. The number of rotatable bonds is 32. The summed E-state index contributed by atoms with van der Waals surface area (Å²) in [4.78, 5) is 122. The van der Waals surface area contributed by atoms with Gasteiger partial charge in [0.2, 0.25) is 0 Å². The van der Waals surface area contributed by atoms with Crippen LogP contribution < -0.4 is 38.5 Å². The minimum absolute atomic E-state index is 0.0731. The maximum atomic E-state index is 12.3. The number of ether oxygens (including phenoxy) is 12. The molecule has 8 heterocycles. The van der Waals surface area contributed by atoms with Crippen LogP contribution in [0.2, 0.25) is 0 Å².